The number of likely N-dealkylation sites (tertiary alicyclic amines) is 1. The molecule has 94 valence electrons. The number of amides is 1. The first-order chi connectivity index (χ1) is 8.75. The van der Waals surface area contributed by atoms with E-state index >= 15 is 0 Å². The Morgan fingerprint density at radius 3 is 2.89 bits per heavy atom. The number of nitrogens with zero attached hydrogens (tertiary/aromatic N) is 4. The van der Waals surface area contributed by atoms with Gasteiger partial charge in [-0.3, -0.25) is 9.59 Å². The summed E-state index contributed by atoms with van der Waals surface area (Å²) in [5.74, 6) is 0.126. The summed E-state index contributed by atoms with van der Waals surface area (Å²) in [4.78, 5) is 25.6. The number of aromatic nitrogens is 3. The summed E-state index contributed by atoms with van der Waals surface area (Å²) in [6.45, 7) is 2.14. The van der Waals surface area contributed by atoms with Crippen LogP contribution >= 0.6 is 0 Å². The first-order valence-corrected chi connectivity index (χ1v) is 6.06. The normalized spacial score (nSPS) is 14.8. The predicted molar refractivity (Wildman–Crippen MR) is 65.3 cm³/mol. The van der Waals surface area contributed by atoms with Gasteiger partial charge in [-0.25, -0.2) is 4.52 Å². The molecule has 3 heterocycles. The van der Waals surface area contributed by atoms with Crippen molar-refractivity contribution in [2.75, 3.05) is 13.1 Å². The maximum Gasteiger partial charge on any atom is 0.276 e. The number of carbonyl (C=O) groups is 1. The molecule has 0 unspecified atom stereocenters. The highest BCUT2D eigenvalue weighted by atomic mass is 16.2. The van der Waals surface area contributed by atoms with Crippen LogP contribution in [0.4, 0.5) is 0 Å². The van der Waals surface area contributed by atoms with Crippen molar-refractivity contribution in [1.29, 1.82) is 0 Å². The third kappa shape index (κ3) is 1.79. The Labute approximate surface area is 103 Å². The summed E-state index contributed by atoms with van der Waals surface area (Å²) < 4.78 is 3.10. The summed E-state index contributed by atoms with van der Waals surface area (Å²) in [6.07, 6.45) is 6.46. The molecule has 0 saturated carbocycles. The zero-order valence-electron chi connectivity index (χ0n) is 9.95. The molecule has 0 atom stereocenters. The first kappa shape index (κ1) is 11.0. The van der Waals surface area contributed by atoms with Gasteiger partial charge in [0.1, 0.15) is 5.52 Å². The summed E-state index contributed by atoms with van der Waals surface area (Å²) in [5.41, 5.74) is 0.431. The molecular weight excluding hydrogens is 232 g/mol. The number of hydrogen-bond acceptors (Lipinski definition) is 3. The van der Waals surface area contributed by atoms with Crippen LogP contribution in [0.15, 0.2) is 29.5 Å². The van der Waals surface area contributed by atoms with E-state index in [2.05, 4.69) is 5.10 Å². The Hall–Kier alpha value is -2.11. The number of hydrogen-bond donors (Lipinski definition) is 0. The minimum Gasteiger partial charge on any atom is -0.343 e. The van der Waals surface area contributed by atoms with E-state index in [9.17, 15) is 9.59 Å². The van der Waals surface area contributed by atoms with Crippen LogP contribution < -0.4 is 5.56 Å². The fourth-order valence-corrected chi connectivity index (χ4v) is 2.08. The molecule has 1 amide bonds. The van der Waals surface area contributed by atoms with Gasteiger partial charge in [-0.1, -0.05) is 0 Å². The van der Waals surface area contributed by atoms with Crippen molar-refractivity contribution in [3.05, 3.63) is 35.0 Å². The molecule has 1 aliphatic rings. The maximum atomic E-state index is 12.0. The van der Waals surface area contributed by atoms with E-state index in [0.717, 1.165) is 19.5 Å². The van der Waals surface area contributed by atoms with E-state index in [-0.39, 0.29) is 11.5 Å². The third-order valence-electron chi connectivity index (χ3n) is 3.31. The van der Waals surface area contributed by atoms with E-state index in [1.165, 1.54) is 4.52 Å². The highest BCUT2D eigenvalue weighted by Crippen LogP contribution is 2.08. The Bertz CT molecular complexity index is 639. The van der Waals surface area contributed by atoms with Crippen LogP contribution in [-0.2, 0) is 11.3 Å². The maximum absolute atomic E-state index is 12.0. The highest BCUT2D eigenvalue weighted by molar-refractivity contribution is 5.76. The molecule has 18 heavy (non-hydrogen) atoms. The van der Waals surface area contributed by atoms with Gasteiger partial charge < -0.3 is 9.47 Å². The Morgan fingerprint density at radius 1 is 1.33 bits per heavy atom. The molecule has 1 aliphatic heterocycles. The van der Waals surface area contributed by atoms with Crippen LogP contribution in [0.2, 0.25) is 0 Å². The van der Waals surface area contributed by atoms with Gasteiger partial charge in [-0.2, -0.15) is 5.10 Å². The molecule has 0 bridgehead atoms. The average molecular weight is 246 g/mol. The molecule has 0 aromatic carbocycles. The van der Waals surface area contributed by atoms with Crippen LogP contribution in [0.3, 0.4) is 0 Å². The molecule has 2 aromatic rings. The van der Waals surface area contributed by atoms with Crippen LogP contribution in [0.1, 0.15) is 12.8 Å². The minimum absolute atomic E-state index is 0.105. The average Bonchev–Trinajstić information content (AvgIpc) is 2.74. The lowest BCUT2D eigenvalue weighted by molar-refractivity contribution is -0.134. The summed E-state index contributed by atoms with van der Waals surface area (Å²) >= 11 is 0. The van der Waals surface area contributed by atoms with Gasteiger partial charge in [0.2, 0.25) is 5.91 Å². The van der Waals surface area contributed by atoms with Gasteiger partial charge in [0, 0.05) is 38.4 Å². The molecule has 0 radical (unpaired) electrons. The third-order valence-corrected chi connectivity index (χ3v) is 3.31. The number of fused-ring (bicyclic) bond motifs is 1. The number of aryl methyl sites for hydroxylation is 1. The topological polar surface area (TPSA) is 59.6 Å². The standard InChI is InChI=1S/C12H14N4O2/c17-11(14-5-1-6-14)3-7-15-8-9-16-10(12(15)18)2-4-13-16/h2,4,8-9H,1,3,5-7H2. The molecule has 6 heteroatoms. The molecule has 6 nitrogen and oxygen atoms in total. The van der Waals surface area contributed by atoms with E-state index in [1.54, 1.807) is 29.2 Å². The molecule has 2 aromatic heterocycles. The quantitative estimate of drug-likeness (QED) is 0.772. The van der Waals surface area contributed by atoms with Gasteiger partial charge in [-0.05, 0) is 12.5 Å². The van der Waals surface area contributed by atoms with Gasteiger partial charge >= 0.3 is 0 Å². The second kappa shape index (κ2) is 4.29. The molecule has 1 saturated heterocycles. The number of rotatable bonds is 3. The summed E-state index contributed by atoms with van der Waals surface area (Å²) in [5, 5.41) is 3.99. The van der Waals surface area contributed by atoms with Crippen molar-refractivity contribution in [2.24, 2.45) is 0 Å². The summed E-state index contributed by atoms with van der Waals surface area (Å²) in [6, 6.07) is 1.68. The Morgan fingerprint density at radius 2 is 2.17 bits per heavy atom. The molecule has 3 rings (SSSR count). The molecule has 1 fully saturated rings. The molecule has 0 spiro atoms. The Balaban J connectivity index is 1.76. The van der Waals surface area contributed by atoms with Crippen molar-refractivity contribution in [3.8, 4) is 0 Å². The summed E-state index contributed by atoms with van der Waals surface area (Å²) in [7, 11) is 0. The zero-order chi connectivity index (χ0) is 12.5. The van der Waals surface area contributed by atoms with Gasteiger partial charge in [0.25, 0.3) is 5.56 Å². The number of carbonyl (C=O) groups excluding carboxylic acids is 1. The monoisotopic (exact) mass is 246 g/mol. The fourth-order valence-electron chi connectivity index (χ4n) is 2.08. The lowest BCUT2D eigenvalue weighted by atomic mass is 10.2. The Kier molecular flexibility index (Phi) is 2.62. The van der Waals surface area contributed by atoms with Crippen LogP contribution in [0.5, 0.6) is 0 Å². The lowest BCUT2D eigenvalue weighted by Gasteiger charge is -2.30. The molecule has 0 aliphatic carbocycles. The SMILES string of the molecule is O=C(CCn1ccn2nccc2c1=O)N1CCC1. The van der Waals surface area contributed by atoms with E-state index in [4.69, 9.17) is 0 Å². The van der Waals surface area contributed by atoms with Gasteiger partial charge in [-0.15, -0.1) is 0 Å². The van der Waals surface area contributed by atoms with Gasteiger partial charge in [0.05, 0.1) is 6.20 Å². The predicted octanol–water partition coefficient (Wildman–Crippen LogP) is 0.118. The van der Waals surface area contributed by atoms with Crippen molar-refractivity contribution in [3.63, 3.8) is 0 Å². The van der Waals surface area contributed by atoms with Crippen LogP contribution in [0.25, 0.3) is 5.52 Å². The smallest absolute Gasteiger partial charge is 0.276 e. The first-order valence-electron chi connectivity index (χ1n) is 6.06. The van der Waals surface area contributed by atoms with Crippen molar-refractivity contribution < 1.29 is 4.79 Å². The second-order valence-electron chi connectivity index (χ2n) is 4.44. The highest BCUT2D eigenvalue weighted by Gasteiger charge is 2.19. The lowest BCUT2D eigenvalue weighted by Crippen LogP contribution is -2.42. The zero-order valence-corrected chi connectivity index (χ0v) is 9.95. The minimum atomic E-state index is -0.105. The van der Waals surface area contributed by atoms with E-state index in [1.807, 2.05) is 4.90 Å². The van der Waals surface area contributed by atoms with Crippen LogP contribution in [-0.4, -0.2) is 38.1 Å². The van der Waals surface area contributed by atoms with Crippen molar-refractivity contribution in [2.45, 2.75) is 19.4 Å². The second-order valence-corrected chi connectivity index (χ2v) is 4.44. The van der Waals surface area contributed by atoms with Crippen molar-refractivity contribution in [1.82, 2.24) is 19.1 Å². The van der Waals surface area contributed by atoms with Crippen LogP contribution in [0, 0.1) is 0 Å². The van der Waals surface area contributed by atoms with E-state index < -0.39 is 0 Å². The fraction of sp³-hybridized carbons (Fsp3) is 0.417. The molecular formula is C12H14N4O2. The molecule has 0 N–H and O–H groups in total. The van der Waals surface area contributed by atoms with Gasteiger partial charge in [0.15, 0.2) is 0 Å². The largest absolute Gasteiger partial charge is 0.343 e. The van der Waals surface area contributed by atoms with E-state index in [0.29, 0.717) is 18.5 Å². The van der Waals surface area contributed by atoms with Crippen molar-refractivity contribution >= 4 is 11.4 Å².